The number of amides is 1. The number of phenols is 1. The number of aryl methyl sites for hydroxylation is 1. The van der Waals surface area contributed by atoms with Crippen molar-refractivity contribution in [3.8, 4) is 5.75 Å². The van der Waals surface area contributed by atoms with E-state index in [9.17, 15) is 14.3 Å². The standard InChI is InChI=1S/C21H24FNO2/c22-18-9-7-17(8-10-18)21(13-1-2-14-21)20(25)23-15-3-4-16-5-11-19(24)12-6-16/h5-12,24H,1-4,13-15H2,(H,23,25). The smallest absolute Gasteiger partial charge is 0.230 e. The lowest BCUT2D eigenvalue weighted by Crippen LogP contribution is -2.43. The van der Waals surface area contributed by atoms with E-state index in [0.717, 1.165) is 49.7 Å². The Morgan fingerprint density at radius 1 is 1.04 bits per heavy atom. The highest BCUT2D eigenvalue weighted by Crippen LogP contribution is 2.41. The van der Waals surface area contributed by atoms with E-state index in [0.29, 0.717) is 6.54 Å². The molecule has 0 bridgehead atoms. The van der Waals surface area contributed by atoms with Crippen molar-refractivity contribution in [3.05, 3.63) is 65.5 Å². The van der Waals surface area contributed by atoms with Gasteiger partial charge in [0.15, 0.2) is 0 Å². The van der Waals surface area contributed by atoms with Crippen molar-refractivity contribution < 1.29 is 14.3 Å². The molecule has 0 heterocycles. The van der Waals surface area contributed by atoms with Gasteiger partial charge in [0.05, 0.1) is 5.41 Å². The number of nitrogens with one attached hydrogen (secondary N) is 1. The van der Waals surface area contributed by atoms with Crippen molar-refractivity contribution in [3.63, 3.8) is 0 Å². The minimum Gasteiger partial charge on any atom is -0.508 e. The van der Waals surface area contributed by atoms with Crippen molar-refractivity contribution in [2.75, 3.05) is 6.54 Å². The highest BCUT2D eigenvalue weighted by atomic mass is 19.1. The minimum atomic E-state index is -0.508. The first-order valence-corrected chi connectivity index (χ1v) is 8.92. The molecule has 0 saturated heterocycles. The van der Waals surface area contributed by atoms with Crippen molar-refractivity contribution in [1.29, 1.82) is 0 Å². The topological polar surface area (TPSA) is 49.3 Å². The van der Waals surface area contributed by atoms with Crippen molar-refractivity contribution in [2.24, 2.45) is 0 Å². The van der Waals surface area contributed by atoms with Gasteiger partial charge in [0, 0.05) is 6.54 Å². The molecular formula is C21H24FNO2. The molecular weight excluding hydrogens is 317 g/mol. The highest BCUT2D eigenvalue weighted by molar-refractivity contribution is 5.88. The molecule has 0 aromatic heterocycles. The lowest BCUT2D eigenvalue weighted by molar-refractivity contribution is -0.126. The van der Waals surface area contributed by atoms with Crippen LogP contribution in [0.5, 0.6) is 5.75 Å². The van der Waals surface area contributed by atoms with Gasteiger partial charge in [0.2, 0.25) is 5.91 Å². The third-order valence-corrected chi connectivity index (χ3v) is 5.15. The van der Waals surface area contributed by atoms with Crippen LogP contribution < -0.4 is 5.32 Å². The Balaban J connectivity index is 1.58. The summed E-state index contributed by atoms with van der Waals surface area (Å²) in [5.74, 6) is 0.0491. The molecule has 2 aromatic carbocycles. The number of aromatic hydroxyl groups is 1. The molecule has 1 fully saturated rings. The lowest BCUT2D eigenvalue weighted by atomic mass is 9.78. The Morgan fingerprint density at radius 2 is 1.68 bits per heavy atom. The second-order valence-corrected chi connectivity index (χ2v) is 6.82. The molecule has 0 radical (unpaired) electrons. The summed E-state index contributed by atoms with van der Waals surface area (Å²) in [6.45, 7) is 0.614. The second-order valence-electron chi connectivity index (χ2n) is 6.82. The zero-order valence-corrected chi connectivity index (χ0v) is 14.3. The molecule has 3 rings (SSSR count). The predicted octanol–water partition coefficient (Wildman–Crippen LogP) is 4.09. The Labute approximate surface area is 147 Å². The summed E-state index contributed by atoms with van der Waals surface area (Å²) in [6, 6.07) is 13.5. The van der Waals surface area contributed by atoms with E-state index in [1.54, 1.807) is 24.3 Å². The molecule has 1 aliphatic carbocycles. The van der Waals surface area contributed by atoms with Gasteiger partial charge in [-0.05, 0) is 61.1 Å². The summed E-state index contributed by atoms with van der Waals surface area (Å²) in [7, 11) is 0. The maximum absolute atomic E-state index is 13.2. The summed E-state index contributed by atoms with van der Waals surface area (Å²) in [5.41, 5.74) is 1.55. The lowest BCUT2D eigenvalue weighted by Gasteiger charge is -2.28. The summed E-state index contributed by atoms with van der Waals surface area (Å²) < 4.78 is 13.2. The number of carbonyl (C=O) groups excluding carboxylic acids is 1. The van der Waals surface area contributed by atoms with E-state index in [2.05, 4.69) is 5.32 Å². The van der Waals surface area contributed by atoms with Gasteiger partial charge in [-0.15, -0.1) is 0 Å². The van der Waals surface area contributed by atoms with Crippen LogP contribution in [0, 0.1) is 5.82 Å². The van der Waals surface area contributed by atoms with Gasteiger partial charge in [-0.25, -0.2) is 4.39 Å². The predicted molar refractivity (Wildman–Crippen MR) is 96.0 cm³/mol. The zero-order valence-electron chi connectivity index (χ0n) is 14.3. The Kier molecular flexibility index (Phi) is 5.37. The molecule has 4 heteroatoms. The van der Waals surface area contributed by atoms with Crippen molar-refractivity contribution >= 4 is 5.91 Å². The number of benzene rings is 2. The van der Waals surface area contributed by atoms with Crippen LogP contribution in [0.25, 0.3) is 0 Å². The first-order valence-electron chi connectivity index (χ1n) is 8.92. The average molecular weight is 341 g/mol. The van der Waals surface area contributed by atoms with E-state index < -0.39 is 5.41 Å². The minimum absolute atomic E-state index is 0.0577. The molecule has 3 nitrogen and oxygen atoms in total. The van der Waals surface area contributed by atoms with Crippen LogP contribution in [-0.2, 0) is 16.6 Å². The van der Waals surface area contributed by atoms with Crippen LogP contribution in [-0.4, -0.2) is 17.6 Å². The van der Waals surface area contributed by atoms with E-state index in [4.69, 9.17) is 0 Å². The summed E-state index contributed by atoms with van der Waals surface area (Å²) in [4.78, 5) is 12.9. The van der Waals surface area contributed by atoms with Crippen LogP contribution in [0.1, 0.15) is 43.2 Å². The third kappa shape index (κ3) is 4.01. The Bertz CT molecular complexity index is 704. The SMILES string of the molecule is O=C(NCCCc1ccc(O)cc1)C1(c2ccc(F)cc2)CCCC1. The van der Waals surface area contributed by atoms with E-state index in [-0.39, 0.29) is 17.5 Å². The Hall–Kier alpha value is -2.36. The maximum Gasteiger partial charge on any atom is 0.230 e. The van der Waals surface area contributed by atoms with E-state index in [1.807, 2.05) is 12.1 Å². The van der Waals surface area contributed by atoms with Gasteiger partial charge < -0.3 is 10.4 Å². The first kappa shape index (κ1) is 17.5. The monoisotopic (exact) mass is 341 g/mol. The summed E-state index contributed by atoms with van der Waals surface area (Å²) >= 11 is 0. The van der Waals surface area contributed by atoms with Crippen molar-refractivity contribution in [1.82, 2.24) is 5.32 Å². The normalized spacial score (nSPS) is 15.9. The molecule has 2 aromatic rings. The second kappa shape index (κ2) is 7.68. The molecule has 1 aliphatic rings. The summed E-state index contributed by atoms with van der Waals surface area (Å²) in [6.07, 6.45) is 5.39. The largest absolute Gasteiger partial charge is 0.508 e. The van der Waals surface area contributed by atoms with Gasteiger partial charge >= 0.3 is 0 Å². The van der Waals surface area contributed by atoms with E-state index in [1.165, 1.54) is 12.1 Å². The van der Waals surface area contributed by atoms with Crippen molar-refractivity contribution in [2.45, 2.75) is 43.9 Å². The fourth-order valence-corrected chi connectivity index (χ4v) is 3.72. The fourth-order valence-electron chi connectivity index (χ4n) is 3.72. The third-order valence-electron chi connectivity index (χ3n) is 5.15. The fraction of sp³-hybridized carbons (Fsp3) is 0.381. The molecule has 132 valence electrons. The molecule has 0 spiro atoms. The highest BCUT2D eigenvalue weighted by Gasteiger charge is 2.42. The number of phenolic OH excluding ortho intramolecular Hbond substituents is 1. The van der Waals surface area contributed by atoms with Gasteiger partial charge in [-0.1, -0.05) is 37.1 Å². The number of carbonyl (C=O) groups is 1. The Morgan fingerprint density at radius 3 is 2.32 bits per heavy atom. The molecule has 0 unspecified atom stereocenters. The molecule has 1 saturated carbocycles. The van der Waals surface area contributed by atoms with Crippen LogP contribution >= 0.6 is 0 Å². The molecule has 0 atom stereocenters. The average Bonchev–Trinajstić information content (AvgIpc) is 3.12. The molecule has 25 heavy (non-hydrogen) atoms. The van der Waals surface area contributed by atoms with Gasteiger partial charge in [0.25, 0.3) is 0 Å². The van der Waals surface area contributed by atoms with Crippen LogP contribution in [0.4, 0.5) is 4.39 Å². The van der Waals surface area contributed by atoms with Crippen LogP contribution in [0.3, 0.4) is 0 Å². The number of halogens is 1. The summed E-state index contributed by atoms with van der Waals surface area (Å²) in [5, 5.41) is 12.4. The van der Waals surface area contributed by atoms with E-state index >= 15 is 0 Å². The molecule has 2 N–H and O–H groups in total. The van der Waals surface area contributed by atoms with Gasteiger partial charge in [-0.3, -0.25) is 4.79 Å². The number of rotatable bonds is 6. The molecule has 0 aliphatic heterocycles. The zero-order chi connectivity index (χ0) is 17.7. The quantitative estimate of drug-likeness (QED) is 0.778. The molecule has 1 amide bonds. The maximum atomic E-state index is 13.2. The van der Waals surface area contributed by atoms with Gasteiger partial charge in [-0.2, -0.15) is 0 Å². The first-order chi connectivity index (χ1) is 12.1. The number of hydrogen-bond acceptors (Lipinski definition) is 2. The van der Waals surface area contributed by atoms with Crippen LogP contribution in [0.15, 0.2) is 48.5 Å². The van der Waals surface area contributed by atoms with Crippen LogP contribution in [0.2, 0.25) is 0 Å². The number of hydrogen-bond donors (Lipinski definition) is 2. The van der Waals surface area contributed by atoms with Gasteiger partial charge in [0.1, 0.15) is 11.6 Å².